The highest BCUT2D eigenvalue weighted by Gasteiger charge is 2.20. The van der Waals surface area contributed by atoms with Gasteiger partial charge in [0, 0.05) is 6.54 Å². The Morgan fingerprint density at radius 2 is 1.69 bits per heavy atom. The molecule has 0 radical (unpaired) electrons. The van der Waals surface area contributed by atoms with Crippen LogP contribution >= 0.6 is 22.9 Å². The number of benzene rings is 2. The number of nitrogens with one attached hydrogen (secondary N) is 2. The van der Waals surface area contributed by atoms with Gasteiger partial charge in [-0.05, 0) is 29.8 Å². The van der Waals surface area contributed by atoms with Gasteiger partial charge in [0.25, 0.3) is 0 Å². The van der Waals surface area contributed by atoms with E-state index in [2.05, 4.69) is 10.0 Å². The number of para-hydroxylation sites is 1. The Labute approximate surface area is 160 Å². The average Bonchev–Trinajstić information content (AvgIpc) is 3.08. The summed E-state index contributed by atoms with van der Waals surface area (Å²) in [6.45, 7) is 0.0518. The van der Waals surface area contributed by atoms with Crippen LogP contribution in [0.2, 0.25) is 4.34 Å². The van der Waals surface area contributed by atoms with Crippen molar-refractivity contribution in [2.75, 3.05) is 11.9 Å². The largest absolute Gasteiger partial charge is 0.375 e. The van der Waals surface area contributed by atoms with E-state index in [1.165, 1.54) is 18.2 Å². The summed E-state index contributed by atoms with van der Waals surface area (Å²) < 4.78 is 42.0. The maximum absolute atomic E-state index is 14.0. The second-order valence-electron chi connectivity index (χ2n) is 5.50. The molecule has 0 bridgehead atoms. The van der Waals surface area contributed by atoms with E-state index in [0.29, 0.717) is 10.0 Å². The first-order chi connectivity index (χ1) is 12.5. The van der Waals surface area contributed by atoms with Crippen molar-refractivity contribution in [3.8, 4) is 0 Å². The smallest absolute Gasteiger partial charge is 0.250 e. The molecule has 4 nitrogen and oxygen atoms in total. The first kappa shape index (κ1) is 18.8. The fraction of sp³-hybridized carbons (Fsp3) is 0.111. The predicted octanol–water partition coefficient (Wildman–Crippen LogP) is 4.67. The molecule has 26 heavy (non-hydrogen) atoms. The van der Waals surface area contributed by atoms with Gasteiger partial charge in [0.15, 0.2) is 0 Å². The molecule has 0 saturated carbocycles. The van der Waals surface area contributed by atoms with Crippen molar-refractivity contribution in [3.63, 3.8) is 0 Å². The summed E-state index contributed by atoms with van der Waals surface area (Å²) in [5, 5.41) is 3.07. The molecule has 1 aromatic heterocycles. The van der Waals surface area contributed by atoms with Crippen molar-refractivity contribution in [3.05, 3.63) is 82.4 Å². The van der Waals surface area contributed by atoms with E-state index >= 15 is 0 Å². The Morgan fingerprint density at radius 1 is 1.00 bits per heavy atom. The van der Waals surface area contributed by atoms with Gasteiger partial charge in [-0.1, -0.05) is 54.1 Å². The highest BCUT2D eigenvalue weighted by Crippen LogP contribution is 2.26. The van der Waals surface area contributed by atoms with Gasteiger partial charge < -0.3 is 5.32 Å². The van der Waals surface area contributed by atoms with E-state index in [-0.39, 0.29) is 10.8 Å². The van der Waals surface area contributed by atoms with Gasteiger partial charge in [-0.3, -0.25) is 0 Å². The van der Waals surface area contributed by atoms with Crippen molar-refractivity contribution >= 4 is 38.6 Å². The highest BCUT2D eigenvalue weighted by molar-refractivity contribution is 7.91. The molecule has 3 aromatic rings. The number of sulfonamides is 1. The molecule has 0 aliphatic carbocycles. The maximum atomic E-state index is 14.0. The summed E-state index contributed by atoms with van der Waals surface area (Å²) in [5.74, 6) is -0.402. The molecule has 1 heterocycles. The monoisotopic (exact) mass is 410 g/mol. The number of hydrogen-bond donors (Lipinski definition) is 2. The third kappa shape index (κ3) is 4.62. The van der Waals surface area contributed by atoms with Gasteiger partial charge in [-0.15, -0.1) is 11.3 Å². The van der Waals surface area contributed by atoms with Crippen LogP contribution in [0, 0.1) is 5.82 Å². The molecule has 2 N–H and O–H groups in total. The minimum atomic E-state index is -3.69. The second-order valence-corrected chi connectivity index (χ2v) is 9.21. The van der Waals surface area contributed by atoms with Gasteiger partial charge in [0.05, 0.1) is 16.1 Å². The zero-order valence-electron chi connectivity index (χ0n) is 13.5. The number of rotatable bonds is 7. The Kier molecular flexibility index (Phi) is 5.93. The van der Waals surface area contributed by atoms with Gasteiger partial charge in [0.1, 0.15) is 10.0 Å². The molecular weight excluding hydrogens is 395 g/mol. The van der Waals surface area contributed by atoms with E-state index in [1.54, 1.807) is 18.2 Å². The van der Waals surface area contributed by atoms with Crippen molar-refractivity contribution in [1.29, 1.82) is 0 Å². The Hall–Kier alpha value is -1.93. The van der Waals surface area contributed by atoms with E-state index in [1.807, 2.05) is 30.3 Å². The van der Waals surface area contributed by atoms with Gasteiger partial charge in [0.2, 0.25) is 10.0 Å². The van der Waals surface area contributed by atoms with E-state index in [0.717, 1.165) is 16.9 Å². The SMILES string of the molecule is O=S(=O)(NC[C@@H](Nc1ccccc1F)c1ccccc1)c1ccc(Cl)s1. The van der Waals surface area contributed by atoms with Crippen LogP contribution in [0.4, 0.5) is 10.1 Å². The topological polar surface area (TPSA) is 58.2 Å². The minimum absolute atomic E-state index is 0.0518. The predicted molar refractivity (Wildman–Crippen MR) is 104 cm³/mol. The summed E-state index contributed by atoms with van der Waals surface area (Å²) in [6, 6.07) is 18.1. The van der Waals surface area contributed by atoms with E-state index in [9.17, 15) is 12.8 Å². The molecule has 0 amide bonds. The number of halogens is 2. The number of hydrogen-bond acceptors (Lipinski definition) is 4. The third-order valence-electron chi connectivity index (χ3n) is 3.70. The molecule has 2 aromatic carbocycles. The molecule has 0 aliphatic heterocycles. The standard InChI is InChI=1S/C18H16ClFN2O2S2/c19-17-10-11-18(25-17)26(23,24)21-12-16(13-6-2-1-3-7-13)22-15-9-5-4-8-14(15)20/h1-11,16,21-22H,12H2/t16-/m1/s1. The Balaban J connectivity index is 1.81. The fourth-order valence-electron chi connectivity index (χ4n) is 2.41. The van der Waals surface area contributed by atoms with Crippen LogP contribution < -0.4 is 10.0 Å². The normalized spacial score (nSPS) is 12.7. The summed E-state index contributed by atoms with van der Waals surface area (Å²) >= 11 is 6.81. The Bertz CT molecular complexity index is 978. The van der Waals surface area contributed by atoms with Gasteiger partial charge >= 0.3 is 0 Å². The first-order valence-electron chi connectivity index (χ1n) is 7.77. The lowest BCUT2D eigenvalue weighted by Crippen LogP contribution is -2.31. The van der Waals surface area contributed by atoms with Crippen molar-refractivity contribution < 1.29 is 12.8 Å². The Morgan fingerprint density at radius 3 is 2.35 bits per heavy atom. The number of thiophene rings is 1. The molecule has 0 spiro atoms. The van der Waals surface area contributed by atoms with Crippen LogP contribution in [0.1, 0.15) is 11.6 Å². The van der Waals surface area contributed by atoms with Gasteiger partial charge in [-0.2, -0.15) is 0 Å². The van der Waals surface area contributed by atoms with Crippen LogP contribution in [-0.2, 0) is 10.0 Å². The maximum Gasteiger partial charge on any atom is 0.250 e. The quantitative estimate of drug-likeness (QED) is 0.595. The highest BCUT2D eigenvalue weighted by atomic mass is 35.5. The second kappa shape index (κ2) is 8.18. The molecule has 3 rings (SSSR count). The van der Waals surface area contributed by atoms with Gasteiger partial charge in [-0.25, -0.2) is 17.5 Å². The van der Waals surface area contributed by atoms with Crippen LogP contribution in [-0.4, -0.2) is 15.0 Å². The summed E-state index contributed by atoms with van der Waals surface area (Å²) in [7, 11) is -3.69. The van der Waals surface area contributed by atoms with E-state index < -0.39 is 21.9 Å². The zero-order valence-corrected chi connectivity index (χ0v) is 15.9. The molecule has 0 fully saturated rings. The molecular formula is C18H16ClFN2O2S2. The van der Waals surface area contributed by atoms with Crippen molar-refractivity contribution in [1.82, 2.24) is 4.72 Å². The molecule has 0 aliphatic rings. The molecule has 0 saturated heterocycles. The lowest BCUT2D eigenvalue weighted by Gasteiger charge is -2.21. The van der Waals surface area contributed by atoms with Crippen LogP contribution in [0.3, 0.4) is 0 Å². The minimum Gasteiger partial charge on any atom is -0.375 e. The van der Waals surface area contributed by atoms with Crippen LogP contribution in [0.25, 0.3) is 0 Å². The molecule has 1 atom stereocenters. The van der Waals surface area contributed by atoms with Crippen LogP contribution in [0.5, 0.6) is 0 Å². The fourth-order valence-corrected chi connectivity index (χ4v) is 4.98. The van der Waals surface area contributed by atoms with E-state index in [4.69, 9.17) is 11.6 Å². The molecule has 0 unspecified atom stereocenters. The lowest BCUT2D eigenvalue weighted by atomic mass is 10.1. The third-order valence-corrected chi connectivity index (χ3v) is 6.84. The molecule has 136 valence electrons. The lowest BCUT2D eigenvalue weighted by molar-refractivity contribution is 0.577. The molecule has 8 heteroatoms. The van der Waals surface area contributed by atoms with Crippen molar-refractivity contribution in [2.24, 2.45) is 0 Å². The zero-order chi connectivity index (χ0) is 18.6. The number of anilines is 1. The summed E-state index contributed by atoms with van der Waals surface area (Å²) in [6.07, 6.45) is 0. The summed E-state index contributed by atoms with van der Waals surface area (Å²) in [4.78, 5) is 0. The van der Waals surface area contributed by atoms with Crippen molar-refractivity contribution in [2.45, 2.75) is 10.3 Å². The van der Waals surface area contributed by atoms with Crippen LogP contribution in [0.15, 0.2) is 70.9 Å². The summed E-state index contributed by atoms with van der Waals surface area (Å²) in [5.41, 5.74) is 1.14. The average molecular weight is 411 g/mol. The first-order valence-corrected chi connectivity index (χ1v) is 10.4.